The zero-order valence-corrected chi connectivity index (χ0v) is 32.5. The Morgan fingerprint density at radius 1 is 0.350 bits per heavy atom. The third-order valence-corrected chi connectivity index (χ3v) is 12.2. The van der Waals surface area contributed by atoms with Gasteiger partial charge in [0.15, 0.2) is 5.82 Å². The Kier molecular flexibility index (Phi) is 7.72. The smallest absolute Gasteiger partial charge is 0.160 e. The number of pyridine rings is 1. The molecule has 1 aliphatic carbocycles. The molecule has 0 atom stereocenters. The lowest BCUT2D eigenvalue weighted by Crippen LogP contribution is -2.32. The molecule has 2 aromatic heterocycles. The third-order valence-electron chi connectivity index (χ3n) is 12.2. The molecule has 8 aromatic carbocycles. The molecule has 3 heterocycles. The van der Waals surface area contributed by atoms with Crippen LogP contribution < -0.4 is 4.74 Å². The molecule has 0 unspecified atom stereocenters. The third kappa shape index (κ3) is 5.28. The van der Waals surface area contributed by atoms with Crippen molar-refractivity contribution in [3.63, 3.8) is 0 Å². The van der Waals surface area contributed by atoms with Gasteiger partial charge in [0.05, 0.1) is 22.3 Å². The predicted octanol–water partition coefficient (Wildman–Crippen LogP) is 13.8. The van der Waals surface area contributed by atoms with Crippen LogP contribution in [0, 0.1) is 0 Å². The minimum Gasteiger partial charge on any atom is -0.457 e. The lowest BCUT2D eigenvalue weighted by atomic mass is 9.65. The predicted molar refractivity (Wildman–Crippen MR) is 242 cm³/mol. The van der Waals surface area contributed by atoms with Gasteiger partial charge in [-0.1, -0.05) is 164 Å². The van der Waals surface area contributed by atoms with E-state index in [4.69, 9.17) is 19.7 Å². The maximum atomic E-state index is 6.71. The molecular weight excluding hydrogens is 731 g/mol. The highest BCUT2D eigenvalue weighted by Crippen LogP contribution is 2.63. The van der Waals surface area contributed by atoms with E-state index in [-0.39, 0.29) is 0 Å². The summed E-state index contributed by atoms with van der Waals surface area (Å²) in [6.45, 7) is 0. The Labute approximate surface area is 348 Å². The Morgan fingerprint density at radius 3 is 1.63 bits per heavy atom. The summed E-state index contributed by atoms with van der Waals surface area (Å²) in [6, 6.07) is 73.1. The summed E-state index contributed by atoms with van der Waals surface area (Å²) < 4.78 is 6.71. The lowest BCUT2D eigenvalue weighted by Gasteiger charge is -2.39. The topological polar surface area (TPSA) is 47.9 Å². The second kappa shape index (κ2) is 13.6. The minimum atomic E-state index is -0.639. The molecule has 0 N–H and O–H groups in total. The number of hydrogen-bond acceptors (Lipinski definition) is 4. The molecule has 4 heteroatoms. The van der Waals surface area contributed by atoms with E-state index >= 15 is 0 Å². The van der Waals surface area contributed by atoms with Gasteiger partial charge < -0.3 is 4.74 Å². The van der Waals surface area contributed by atoms with Crippen LogP contribution in [0.15, 0.2) is 212 Å². The molecule has 12 rings (SSSR count). The Bertz CT molecular complexity index is 3190. The molecule has 0 radical (unpaired) electrons. The van der Waals surface area contributed by atoms with E-state index in [1.54, 1.807) is 0 Å². The normalized spacial score (nSPS) is 12.9. The summed E-state index contributed by atoms with van der Waals surface area (Å²) in [5.74, 6) is 2.43. The largest absolute Gasteiger partial charge is 0.457 e. The zero-order valence-electron chi connectivity index (χ0n) is 32.5. The molecule has 0 saturated heterocycles. The summed E-state index contributed by atoms with van der Waals surface area (Å²) >= 11 is 0. The summed E-state index contributed by atoms with van der Waals surface area (Å²) in [7, 11) is 0. The molecule has 280 valence electrons. The van der Waals surface area contributed by atoms with Crippen molar-refractivity contribution < 1.29 is 4.74 Å². The monoisotopic (exact) mass is 765 g/mol. The molecule has 1 aliphatic heterocycles. The van der Waals surface area contributed by atoms with Crippen LogP contribution in [0.2, 0.25) is 0 Å². The van der Waals surface area contributed by atoms with Gasteiger partial charge in [-0.2, -0.15) is 0 Å². The first kappa shape index (κ1) is 34.1. The first-order valence-electron chi connectivity index (χ1n) is 20.3. The van der Waals surface area contributed by atoms with E-state index in [0.717, 1.165) is 83.9 Å². The van der Waals surface area contributed by atoms with Gasteiger partial charge in [0, 0.05) is 45.0 Å². The van der Waals surface area contributed by atoms with E-state index in [9.17, 15) is 0 Å². The van der Waals surface area contributed by atoms with Crippen molar-refractivity contribution in [2.45, 2.75) is 5.41 Å². The zero-order chi connectivity index (χ0) is 39.6. The first-order valence-corrected chi connectivity index (χ1v) is 20.3. The minimum absolute atomic E-state index is 0.639. The standard InChI is InChI=1S/C56H35N3O/c1-3-14-36(15-4-1)50-35-51(59-55(58-50)38-16-5-2-6-17-38)42-20-11-19-39(32-42)40-27-29-44-45-30-28-41(43-22-12-18-37-21-13-31-57-54(37)43)34-49(45)56(48(44)33-40)46-23-7-9-25-52(46)60-53-26-10-8-24-47(53)56/h1-35H. The van der Waals surface area contributed by atoms with Gasteiger partial charge in [-0.05, 0) is 81.4 Å². The van der Waals surface area contributed by atoms with E-state index < -0.39 is 5.41 Å². The van der Waals surface area contributed by atoms with E-state index in [1.807, 2.05) is 36.5 Å². The first-order chi connectivity index (χ1) is 29.7. The number of benzene rings is 8. The average molecular weight is 766 g/mol. The highest BCUT2D eigenvalue weighted by Gasteiger charge is 2.51. The summed E-state index contributed by atoms with van der Waals surface area (Å²) in [5.41, 5.74) is 16.8. The van der Waals surface area contributed by atoms with Crippen molar-refractivity contribution in [3.8, 4) is 78.8 Å². The van der Waals surface area contributed by atoms with Gasteiger partial charge in [-0.15, -0.1) is 0 Å². The highest BCUT2D eigenvalue weighted by molar-refractivity contribution is 5.97. The SMILES string of the molecule is c1ccc(-c2cc(-c3cccc(-c4ccc5c(c4)C4(c6ccccc6Oc6ccccc64)c4cc(-c6cccc7cccnc67)ccc4-5)c3)nc(-c3ccccc3)n2)cc1. The summed E-state index contributed by atoms with van der Waals surface area (Å²) in [6.07, 6.45) is 1.88. The Hall–Kier alpha value is -7.95. The Morgan fingerprint density at radius 2 is 0.900 bits per heavy atom. The molecule has 10 aromatic rings. The number of ether oxygens (including phenoxy) is 1. The summed E-state index contributed by atoms with van der Waals surface area (Å²) in [4.78, 5) is 15.1. The quantitative estimate of drug-likeness (QED) is 0.175. The fraction of sp³-hybridized carbons (Fsp3) is 0.0179. The van der Waals surface area contributed by atoms with Crippen LogP contribution in [0.3, 0.4) is 0 Å². The average Bonchev–Trinajstić information content (AvgIpc) is 3.61. The molecule has 60 heavy (non-hydrogen) atoms. The maximum absolute atomic E-state index is 6.71. The molecule has 2 aliphatic rings. The van der Waals surface area contributed by atoms with Crippen LogP contribution in [0.25, 0.3) is 78.2 Å². The lowest BCUT2D eigenvalue weighted by molar-refractivity contribution is 0.436. The fourth-order valence-corrected chi connectivity index (χ4v) is 9.51. The van der Waals surface area contributed by atoms with Crippen LogP contribution in [0.5, 0.6) is 11.5 Å². The fourth-order valence-electron chi connectivity index (χ4n) is 9.51. The van der Waals surface area contributed by atoms with Gasteiger partial charge in [0.1, 0.15) is 11.5 Å². The Balaban J connectivity index is 1.06. The van der Waals surface area contributed by atoms with E-state index in [2.05, 4.69) is 176 Å². The molecule has 1 spiro atoms. The van der Waals surface area contributed by atoms with Gasteiger partial charge in [0.25, 0.3) is 0 Å². The van der Waals surface area contributed by atoms with Crippen molar-refractivity contribution in [1.29, 1.82) is 0 Å². The molecule has 0 fully saturated rings. The van der Waals surface area contributed by atoms with E-state index in [0.29, 0.717) is 5.82 Å². The van der Waals surface area contributed by atoms with E-state index in [1.165, 1.54) is 22.3 Å². The van der Waals surface area contributed by atoms with Crippen LogP contribution in [-0.4, -0.2) is 15.0 Å². The van der Waals surface area contributed by atoms with Crippen LogP contribution in [0.1, 0.15) is 22.3 Å². The van der Waals surface area contributed by atoms with Gasteiger partial charge in [0.2, 0.25) is 0 Å². The van der Waals surface area contributed by atoms with Crippen molar-refractivity contribution in [2.24, 2.45) is 0 Å². The van der Waals surface area contributed by atoms with Crippen LogP contribution in [-0.2, 0) is 5.41 Å². The van der Waals surface area contributed by atoms with Gasteiger partial charge in [-0.3, -0.25) is 4.98 Å². The number of nitrogens with zero attached hydrogens (tertiary/aromatic N) is 3. The van der Waals surface area contributed by atoms with Crippen molar-refractivity contribution in [1.82, 2.24) is 15.0 Å². The number of aromatic nitrogens is 3. The number of rotatable bonds is 5. The highest BCUT2D eigenvalue weighted by atomic mass is 16.5. The van der Waals surface area contributed by atoms with Crippen molar-refractivity contribution in [2.75, 3.05) is 0 Å². The number of para-hydroxylation sites is 3. The number of hydrogen-bond donors (Lipinski definition) is 0. The molecule has 0 saturated carbocycles. The molecule has 0 amide bonds. The maximum Gasteiger partial charge on any atom is 0.160 e. The molecule has 0 bridgehead atoms. The number of fused-ring (bicyclic) bond motifs is 10. The van der Waals surface area contributed by atoms with Crippen LogP contribution in [0.4, 0.5) is 0 Å². The second-order valence-electron chi connectivity index (χ2n) is 15.5. The van der Waals surface area contributed by atoms with Crippen LogP contribution >= 0.6 is 0 Å². The summed E-state index contributed by atoms with van der Waals surface area (Å²) in [5, 5.41) is 1.12. The second-order valence-corrected chi connectivity index (χ2v) is 15.5. The molecule has 4 nitrogen and oxygen atoms in total. The van der Waals surface area contributed by atoms with Gasteiger partial charge >= 0.3 is 0 Å². The van der Waals surface area contributed by atoms with Gasteiger partial charge in [-0.25, -0.2) is 9.97 Å². The van der Waals surface area contributed by atoms with Crippen molar-refractivity contribution in [3.05, 3.63) is 235 Å². The van der Waals surface area contributed by atoms with Crippen molar-refractivity contribution >= 4 is 10.9 Å². The molecular formula is C56H35N3O.